The summed E-state index contributed by atoms with van der Waals surface area (Å²) in [4.78, 5) is 0. The van der Waals surface area contributed by atoms with E-state index in [9.17, 15) is 0 Å². The van der Waals surface area contributed by atoms with Crippen molar-refractivity contribution >= 4 is 21.6 Å². The molecule has 0 saturated carbocycles. The summed E-state index contributed by atoms with van der Waals surface area (Å²) in [5.74, 6) is 1.21. The summed E-state index contributed by atoms with van der Waals surface area (Å²) >= 11 is 0. The van der Waals surface area contributed by atoms with Gasteiger partial charge < -0.3 is 5.11 Å². The predicted octanol–water partition coefficient (Wildman–Crippen LogP) is 1.48. The van der Waals surface area contributed by atoms with Crippen LogP contribution in [-0.2, 0) is 0 Å². The van der Waals surface area contributed by atoms with Gasteiger partial charge >= 0.3 is 0 Å². The highest BCUT2D eigenvalue weighted by Gasteiger charge is 2.09. The Hall–Kier alpha value is 0.660. The molecule has 1 nitrogen and oxygen atoms in total. The van der Waals surface area contributed by atoms with Crippen LogP contribution in [0.5, 0.6) is 0 Å². The van der Waals surface area contributed by atoms with Crippen molar-refractivity contribution in [2.24, 2.45) is 0 Å². The highest BCUT2D eigenvalue weighted by Crippen LogP contribution is 2.33. The Labute approximate surface area is 51.3 Å². The summed E-state index contributed by atoms with van der Waals surface area (Å²) in [6.07, 6.45) is 2.16. The van der Waals surface area contributed by atoms with Crippen molar-refractivity contribution in [3.63, 3.8) is 0 Å². The van der Waals surface area contributed by atoms with Crippen LogP contribution < -0.4 is 0 Å². The molecule has 7 heavy (non-hydrogen) atoms. The number of rotatable bonds is 0. The fraction of sp³-hybridized carbons (Fsp3) is 1.00. The van der Waals surface area contributed by atoms with E-state index in [4.69, 9.17) is 5.11 Å². The molecule has 0 radical (unpaired) electrons. The second kappa shape index (κ2) is 2.84. The highest BCUT2D eigenvalue weighted by molar-refractivity contribution is 8.76. The average molecular weight is 136 g/mol. The molecule has 0 spiro atoms. The molecule has 1 heterocycles. The van der Waals surface area contributed by atoms with Gasteiger partial charge in [0.05, 0.1) is 0 Å². The molecule has 1 aliphatic rings. The summed E-state index contributed by atoms with van der Waals surface area (Å²) in [7, 11) is 3.36. The minimum Gasteiger partial charge on any atom is -0.382 e. The molecule has 1 N–H and O–H groups in total. The Morgan fingerprint density at radius 3 is 2.71 bits per heavy atom. The Morgan fingerprint density at radius 2 is 2.43 bits per heavy atom. The van der Waals surface area contributed by atoms with E-state index in [1.165, 1.54) is 12.2 Å². The Kier molecular flexibility index (Phi) is 2.35. The molecule has 1 fully saturated rings. The highest BCUT2D eigenvalue weighted by atomic mass is 33.1. The van der Waals surface area contributed by atoms with E-state index in [0.29, 0.717) is 0 Å². The van der Waals surface area contributed by atoms with Crippen molar-refractivity contribution in [2.75, 3.05) is 5.75 Å². The van der Waals surface area contributed by atoms with Crippen LogP contribution in [0, 0.1) is 0 Å². The third-order valence-corrected chi connectivity index (χ3v) is 3.48. The third-order valence-electron chi connectivity index (χ3n) is 0.858. The fourth-order valence-corrected chi connectivity index (χ4v) is 2.69. The maximum atomic E-state index is 8.85. The molecule has 3 heteroatoms. The molecule has 0 amide bonds. The van der Waals surface area contributed by atoms with Crippen molar-refractivity contribution in [2.45, 2.75) is 18.3 Å². The summed E-state index contributed by atoms with van der Waals surface area (Å²) in [5, 5.41) is 8.85. The normalized spacial score (nSPS) is 33.0. The molecule has 0 bridgehead atoms. The fourth-order valence-electron chi connectivity index (χ4n) is 0.492. The summed E-state index contributed by atoms with van der Waals surface area (Å²) in [6.45, 7) is 0. The largest absolute Gasteiger partial charge is 0.382 e. The van der Waals surface area contributed by atoms with Crippen LogP contribution in [0.1, 0.15) is 12.8 Å². The second-order valence-electron chi connectivity index (χ2n) is 1.52. The Bertz CT molecular complexity index is 51.7. The first-order chi connectivity index (χ1) is 3.39. The van der Waals surface area contributed by atoms with Gasteiger partial charge in [-0.15, -0.1) is 0 Å². The lowest BCUT2D eigenvalue weighted by atomic mass is 10.4. The number of aliphatic hydroxyl groups excluding tert-OH is 1. The van der Waals surface area contributed by atoms with E-state index < -0.39 is 0 Å². The van der Waals surface area contributed by atoms with Crippen LogP contribution in [0.2, 0.25) is 0 Å². The molecule has 1 atom stereocenters. The van der Waals surface area contributed by atoms with Gasteiger partial charge in [0.2, 0.25) is 0 Å². The summed E-state index contributed by atoms with van der Waals surface area (Å²) < 4.78 is 0. The van der Waals surface area contributed by atoms with Crippen LogP contribution in [0.25, 0.3) is 0 Å². The van der Waals surface area contributed by atoms with Gasteiger partial charge in [-0.25, -0.2) is 0 Å². The van der Waals surface area contributed by atoms with Crippen molar-refractivity contribution in [1.82, 2.24) is 0 Å². The molecule has 0 unspecified atom stereocenters. The van der Waals surface area contributed by atoms with Gasteiger partial charge in [-0.2, -0.15) is 0 Å². The van der Waals surface area contributed by atoms with E-state index in [0.717, 1.165) is 6.42 Å². The summed E-state index contributed by atoms with van der Waals surface area (Å²) in [5.41, 5.74) is -0.0845. The van der Waals surface area contributed by atoms with Crippen molar-refractivity contribution in [3.8, 4) is 0 Å². The van der Waals surface area contributed by atoms with E-state index >= 15 is 0 Å². The average Bonchev–Trinajstić information content (AvgIpc) is 1.69. The van der Waals surface area contributed by atoms with Crippen LogP contribution in [0.15, 0.2) is 0 Å². The number of aliphatic hydroxyl groups is 1. The first kappa shape index (κ1) is 5.79. The zero-order valence-corrected chi connectivity index (χ0v) is 5.60. The van der Waals surface area contributed by atoms with Crippen molar-refractivity contribution < 1.29 is 5.11 Å². The maximum Gasteiger partial charge on any atom is 0.109 e. The molecular weight excluding hydrogens is 128 g/mol. The number of hydrogen-bond donors (Lipinski definition) is 1. The molecule has 1 rings (SSSR count). The standard InChI is InChI=1S/C4H8OS2/c5-4-2-1-3-6-7-4/h4-5H,1-3H2/t4-/m0/s1. The smallest absolute Gasteiger partial charge is 0.109 e. The molecule has 1 saturated heterocycles. The molecule has 42 valence electrons. The third kappa shape index (κ3) is 1.93. The van der Waals surface area contributed by atoms with Crippen LogP contribution in [0.4, 0.5) is 0 Å². The molecular formula is C4H8OS2. The first-order valence-electron chi connectivity index (χ1n) is 2.36. The van der Waals surface area contributed by atoms with E-state index in [1.54, 1.807) is 21.6 Å². The van der Waals surface area contributed by atoms with Gasteiger partial charge in [-0.05, 0) is 12.8 Å². The van der Waals surface area contributed by atoms with E-state index in [1.807, 2.05) is 0 Å². The predicted molar refractivity (Wildman–Crippen MR) is 35.3 cm³/mol. The lowest BCUT2D eigenvalue weighted by molar-refractivity contribution is 0.252. The minimum atomic E-state index is -0.0845. The van der Waals surface area contributed by atoms with Gasteiger partial charge in [-0.3, -0.25) is 0 Å². The van der Waals surface area contributed by atoms with Crippen LogP contribution in [-0.4, -0.2) is 16.3 Å². The van der Waals surface area contributed by atoms with Gasteiger partial charge in [0.15, 0.2) is 0 Å². The van der Waals surface area contributed by atoms with Crippen molar-refractivity contribution in [3.05, 3.63) is 0 Å². The van der Waals surface area contributed by atoms with Gasteiger partial charge in [0.1, 0.15) is 5.44 Å². The molecule has 0 aromatic rings. The lowest BCUT2D eigenvalue weighted by Gasteiger charge is -2.13. The molecule has 0 aliphatic carbocycles. The van der Waals surface area contributed by atoms with Crippen LogP contribution in [0.3, 0.4) is 0 Å². The quantitative estimate of drug-likeness (QED) is 0.509. The van der Waals surface area contributed by atoms with Gasteiger partial charge in [-0.1, -0.05) is 21.6 Å². The SMILES string of the molecule is O[C@@H]1CCCSS1. The van der Waals surface area contributed by atoms with E-state index in [-0.39, 0.29) is 5.44 Å². The topological polar surface area (TPSA) is 20.2 Å². The maximum absolute atomic E-state index is 8.85. The zero-order chi connectivity index (χ0) is 5.11. The molecule has 0 aromatic carbocycles. The Morgan fingerprint density at radius 1 is 1.57 bits per heavy atom. The van der Waals surface area contributed by atoms with Gasteiger partial charge in [0, 0.05) is 5.75 Å². The lowest BCUT2D eigenvalue weighted by Crippen LogP contribution is -2.03. The van der Waals surface area contributed by atoms with Crippen LogP contribution >= 0.6 is 21.6 Å². The number of hydrogen-bond acceptors (Lipinski definition) is 3. The van der Waals surface area contributed by atoms with Gasteiger partial charge in [0.25, 0.3) is 0 Å². The molecule has 1 aliphatic heterocycles. The first-order valence-corrected chi connectivity index (χ1v) is 4.74. The Balaban J connectivity index is 2.12. The second-order valence-corrected chi connectivity index (χ2v) is 4.18. The molecule has 0 aromatic heterocycles. The minimum absolute atomic E-state index is 0.0845. The zero-order valence-electron chi connectivity index (χ0n) is 3.96. The summed E-state index contributed by atoms with van der Waals surface area (Å²) in [6, 6.07) is 0. The monoisotopic (exact) mass is 136 g/mol. The van der Waals surface area contributed by atoms with Crippen molar-refractivity contribution in [1.29, 1.82) is 0 Å². The van der Waals surface area contributed by atoms with E-state index in [2.05, 4.69) is 0 Å².